The van der Waals surface area contributed by atoms with Crippen molar-refractivity contribution in [3.05, 3.63) is 0 Å². The third-order valence-electron chi connectivity index (χ3n) is 4.39. The van der Waals surface area contributed by atoms with Gasteiger partial charge in [0.05, 0.1) is 0 Å². The maximum Gasteiger partial charge on any atom is 0.317 e. The standard InChI is InChI=1S/C15H27N3O3/c19-12-13-5-4-10-18(11-13)15(21)16-7-6-14(20)17-8-2-1-3-9-17/h13,19H,1-12H2,(H,16,21). The van der Waals surface area contributed by atoms with Gasteiger partial charge in [0.15, 0.2) is 0 Å². The second kappa shape index (κ2) is 8.22. The summed E-state index contributed by atoms with van der Waals surface area (Å²) < 4.78 is 0. The smallest absolute Gasteiger partial charge is 0.317 e. The molecule has 0 aliphatic carbocycles. The number of nitrogens with zero attached hydrogens (tertiary/aromatic N) is 2. The Hall–Kier alpha value is -1.30. The molecule has 0 saturated carbocycles. The molecular formula is C15H27N3O3. The van der Waals surface area contributed by atoms with Crippen LogP contribution in [-0.4, -0.2) is 66.2 Å². The van der Waals surface area contributed by atoms with E-state index >= 15 is 0 Å². The van der Waals surface area contributed by atoms with Crippen molar-refractivity contribution >= 4 is 11.9 Å². The van der Waals surface area contributed by atoms with E-state index in [2.05, 4.69) is 5.32 Å². The Labute approximate surface area is 126 Å². The number of aliphatic hydroxyl groups excluding tert-OH is 1. The first-order chi connectivity index (χ1) is 10.2. The highest BCUT2D eigenvalue weighted by Gasteiger charge is 2.23. The van der Waals surface area contributed by atoms with E-state index in [1.54, 1.807) is 4.90 Å². The molecule has 0 spiro atoms. The Morgan fingerprint density at radius 2 is 1.76 bits per heavy atom. The topological polar surface area (TPSA) is 72.9 Å². The van der Waals surface area contributed by atoms with Crippen molar-refractivity contribution in [3.63, 3.8) is 0 Å². The summed E-state index contributed by atoms with van der Waals surface area (Å²) in [4.78, 5) is 27.7. The van der Waals surface area contributed by atoms with Crippen LogP contribution in [0.3, 0.4) is 0 Å². The summed E-state index contributed by atoms with van der Waals surface area (Å²) in [5.41, 5.74) is 0. The predicted octanol–water partition coefficient (Wildman–Crippen LogP) is 0.803. The molecule has 2 saturated heterocycles. The number of aliphatic hydroxyl groups is 1. The number of urea groups is 1. The Bertz CT molecular complexity index is 356. The van der Waals surface area contributed by atoms with Gasteiger partial charge in [0, 0.05) is 45.8 Å². The summed E-state index contributed by atoms with van der Waals surface area (Å²) in [6.45, 7) is 3.60. The average molecular weight is 297 g/mol. The first-order valence-electron chi connectivity index (χ1n) is 8.12. The van der Waals surface area contributed by atoms with Crippen LogP contribution in [0.1, 0.15) is 38.5 Å². The largest absolute Gasteiger partial charge is 0.396 e. The lowest BCUT2D eigenvalue weighted by Crippen LogP contribution is -2.47. The fourth-order valence-corrected chi connectivity index (χ4v) is 3.09. The molecule has 1 unspecified atom stereocenters. The normalized spacial score (nSPS) is 23.0. The number of carbonyl (C=O) groups excluding carboxylic acids is 2. The molecule has 21 heavy (non-hydrogen) atoms. The minimum atomic E-state index is -0.111. The Morgan fingerprint density at radius 3 is 2.48 bits per heavy atom. The van der Waals surface area contributed by atoms with Crippen molar-refractivity contribution in [2.24, 2.45) is 5.92 Å². The van der Waals surface area contributed by atoms with Gasteiger partial charge in [-0.15, -0.1) is 0 Å². The lowest BCUT2D eigenvalue weighted by molar-refractivity contribution is -0.131. The molecule has 1 atom stereocenters. The molecule has 6 heteroatoms. The van der Waals surface area contributed by atoms with Crippen molar-refractivity contribution < 1.29 is 14.7 Å². The van der Waals surface area contributed by atoms with Crippen LogP contribution in [-0.2, 0) is 4.79 Å². The fourth-order valence-electron chi connectivity index (χ4n) is 3.09. The molecule has 2 aliphatic rings. The molecule has 2 fully saturated rings. The average Bonchev–Trinajstić information content (AvgIpc) is 2.55. The van der Waals surface area contributed by atoms with Crippen LogP contribution in [0.4, 0.5) is 4.79 Å². The lowest BCUT2D eigenvalue weighted by atomic mass is 9.99. The summed E-state index contributed by atoms with van der Waals surface area (Å²) in [6.07, 6.45) is 5.69. The van der Waals surface area contributed by atoms with E-state index in [0.29, 0.717) is 19.5 Å². The zero-order valence-electron chi connectivity index (χ0n) is 12.7. The molecule has 0 aromatic heterocycles. The van der Waals surface area contributed by atoms with Gasteiger partial charge in [-0.25, -0.2) is 4.79 Å². The summed E-state index contributed by atoms with van der Waals surface area (Å²) in [5, 5.41) is 12.0. The quantitative estimate of drug-likeness (QED) is 0.806. The Morgan fingerprint density at radius 1 is 1.05 bits per heavy atom. The highest BCUT2D eigenvalue weighted by atomic mass is 16.3. The molecule has 2 N–H and O–H groups in total. The number of hydrogen-bond acceptors (Lipinski definition) is 3. The van der Waals surface area contributed by atoms with Gasteiger partial charge in [-0.1, -0.05) is 0 Å². The van der Waals surface area contributed by atoms with Crippen LogP contribution in [0.5, 0.6) is 0 Å². The van der Waals surface area contributed by atoms with Crippen LogP contribution in [0.25, 0.3) is 0 Å². The second-order valence-corrected chi connectivity index (χ2v) is 6.06. The molecule has 0 aromatic carbocycles. The van der Waals surface area contributed by atoms with Gasteiger partial charge in [-0.3, -0.25) is 4.79 Å². The molecular weight excluding hydrogens is 270 g/mol. The third kappa shape index (κ3) is 4.88. The van der Waals surface area contributed by atoms with E-state index in [1.807, 2.05) is 4.90 Å². The molecule has 0 aromatic rings. The number of rotatable bonds is 4. The molecule has 120 valence electrons. The van der Waals surface area contributed by atoms with Crippen LogP contribution in [0, 0.1) is 5.92 Å². The first kappa shape index (κ1) is 16.1. The van der Waals surface area contributed by atoms with Crippen LogP contribution in [0.15, 0.2) is 0 Å². The van der Waals surface area contributed by atoms with Gasteiger partial charge in [-0.05, 0) is 38.0 Å². The van der Waals surface area contributed by atoms with E-state index in [9.17, 15) is 14.7 Å². The van der Waals surface area contributed by atoms with E-state index in [4.69, 9.17) is 0 Å². The SMILES string of the molecule is O=C(CCNC(=O)N1CCCC(CO)C1)N1CCCCC1. The predicted molar refractivity (Wildman–Crippen MR) is 79.8 cm³/mol. The van der Waals surface area contributed by atoms with Crippen LogP contribution >= 0.6 is 0 Å². The van der Waals surface area contributed by atoms with Crippen LogP contribution in [0.2, 0.25) is 0 Å². The minimum Gasteiger partial charge on any atom is -0.396 e. The highest BCUT2D eigenvalue weighted by molar-refractivity contribution is 5.78. The molecule has 2 rings (SSSR count). The van der Waals surface area contributed by atoms with Gasteiger partial charge in [0.2, 0.25) is 5.91 Å². The molecule has 2 aliphatic heterocycles. The molecule has 2 heterocycles. The molecule has 6 nitrogen and oxygen atoms in total. The third-order valence-corrected chi connectivity index (χ3v) is 4.39. The maximum absolute atomic E-state index is 12.0. The number of likely N-dealkylation sites (tertiary alicyclic amines) is 2. The lowest BCUT2D eigenvalue weighted by Gasteiger charge is -2.32. The van der Waals surface area contributed by atoms with Crippen molar-refractivity contribution in [2.75, 3.05) is 39.3 Å². The Balaban J connectivity index is 1.65. The fraction of sp³-hybridized carbons (Fsp3) is 0.867. The van der Waals surface area contributed by atoms with Crippen molar-refractivity contribution in [3.8, 4) is 0 Å². The number of nitrogens with one attached hydrogen (secondary N) is 1. The van der Waals surface area contributed by atoms with E-state index in [0.717, 1.165) is 45.3 Å². The van der Waals surface area contributed by atoms with Gasteiger partial charge in [0.1, 0.15) is 0 Å². The van der Waals surface area contributed by atoms with Crippen molar-refractivity contribution in [1.82, 2.24) is 15.1 Å². The minimum absolute atomic E-state index is 0.111. The molecule has 3 amide bonds. The molecule has 0 radical (unpaired) electrons. The van der Waals surface area contributed by atoms with Crippen molar-refractivity contribution in [1.29, 1.82) is 0 Å². The van der Waals surface area contributed by atoms with E-state index < -0.39 is 0 Å². The maximum atomic E-state index is 12.0. The number of hydrogen-bond donors (Lipinski definition) is 2. The monoisotopic (exact) mass is 297 g/mol. The van der Waals surface area contributed by atoms with E-state index in [1.165, 1.54) is 6.42 Å². The summed E-state index contributed by atoms with van der Waals surface area (Å²) in [6, 6.07) is -0.111. The first-order valence-corrected chi connectivity index (χ1v) is 8.12. The van der Waals surface area contributed by atoms with Crippen LogP contribution < -0.4 is 5.32 Å². The van der Waals surface area contributed by atoms with E-state index in [-0.39, 0.29) is 24.5 Å². The highest BCUT2D eigenvalue weighted by Crippen LogP contribution is 2.15. The summed E-state index contributed by atoms with van der Waals surface area (Å²) in [7, 11) is 0. The number of amides is 3. The summed E-state index contributed by atoms with van der Waals surface area (Å²) >= 11 is 0. The van der Waals surface area contributed by atoms with Gasteiger partial charge < -0.3 is 20.2 Å². The molecule has 0 bridgehead atoms. The summed E-state index contributed by atoms with van der Waals surface area (Å²) in [5.74, 6) is 0.335. The van der Waals surface area contributed by atoms with Gasteiger partial charge in [-0.2, -0.15) is 0 Å². The van der Waals surface area contributed by atoms with Gasteiger partial charge >= 0.3 is 6.03 Å². The van der Waals surface area contributed by atoms with Crippen molar-refractivity contribution in [2.45, 2.75) is 38.5 Å². The van der Waals surface area contributed by atoms with Gasteiger partial charge in [0.25, 0.3) is 0 Å². The zero-order chi connectivity index (χ0) is 15.1. The Kier molecular flexibility index (Phi) is 6.29. The zero-order valence-corrected chi connectivity index (χ0v) is 12.7. The number of piperidine rings is 2. The second-order valence-electron chi connectivity index (χ2n) is 6.06. The number of carbonyl (C=O) groups is 2.